The zero-order valence-corrected chi connectivity index (χ0v) is 18.7. The van der Waals surface area contributed by atoms with E-state index < -0.39 is 9.84 Å². The van der Waals surface area contributed by atoms with Crippen molar-refractivity contribution in [2.75, 3.05) is 34.8 Å². The Bertz CT molecular complexity index is 1480. The van der Waals surface area contributed by atoms with E-state index in [4.69, 9.17) is 4.98 Å². The first kappa shape index (κ1) is 19.9. The van der Waals surface area contributed by atoms with Gasteiger partial charge in [-0.3, -0.25) is 4.99 Å². The third-order valence-corrected chi connectivity index (χ3v) is 7.75. The molecule has 0 atom stereocenters. The second kappa shape index (κ2) is 7.70. The molecule has 1 fully saturated rings. The molecule has 0 amide bonds. The van der Waals surface area contributed by atoms with Crippen molar-refractivity contribution < 1.29 is 8.42 Å². The fourth-order valence-corrected chi connectivity index (χ4v) is 5.49. The Morgan fingerprint density at radius 1 is 1.00 bits per heavy atom. The van der Waals surface area contributed by atoms with Crippen LogP contribution in [0.15, 0.2) is 66.0 Å². The Morgan fingerprint density at radius 2 is 1.82 bits per heavy atom. The van der Waals surface area contributed by atoms with Gasteiger partial charge in [-0.1, -0.05) is 12.1 Å². The highest BCUT2D eigenvalue weighted by atomic mass is 32.2. The predicted octanol–water partition coefficient (Wildman–Crippen LogP) is 3.31. The number of benzene rings is 2. The molecule has 1 N–H and O–H groups in total. The smallest absolute Gasteiger partial charge is 0.180 e. The molecule has 0 aliphatic carbocycles. The zero-order valence-electron chi connectivity index (χ0n) is 17.8. The van der Waals surface area contributed by atoms with Crippen molar-refractivity contribution in [1.29, 1.82) is 0 Å². The van der Waals surface area contributed by atoms with E-state index in [0.717, 1.165) is 33.8 Å². The van der Waals surface area contributed by atoms with Gasteiger partial charge in [0.15, 0.2) is 21.3 Å². The minimum atomic E-state index is -2.90. The van der Waals surface area contributed by atoms with Gasteiger partial charge in [-0.05, 0) is 41.5 Å². The summed E-state index contributed by atoms with van der Waals surface area (Å²) in [6, 6.07) is 14.3. The zero-order chi connectivity index (χ0) is 22.4. The monoisotopic (exact) mass is 458 g/mol. The molecule has 6 rings (SSSR count). The summed E-state index contributed by atoms with van der Waals surface area (Å²) in [4.78, 5) is 15.8. The molecule has 2 aromatic heterocycles. The lowest BCUT2D eigenvalue weighted by Gasteiger charge is -2.28. The first-order chi connectivity index (χ1) is 16.0. The van der Waals surface area contributed by atoms with E-state index in [0.29, 0.717) is 25.5 Å². The van der Waals surface area contributed by atoms with Crippen LogP contribution >= 0.6 is 0 Å². The van der Waals surface area contributed by atoms with Crippen molar-refractivity contribution in [3.8, 4) is 11.3 Å². The fourth-order valence-electron chi connectivity index (χ4n) is 4.29. The molecule has 166 valence electrons. The molecule has 2 aromatic carbocycles. The van der Waals surface area contributed by atoms with Gasteiger partial charge in [-0.25, -0.2) is 18.4 Å². The van der Waals surface area contributed by atoms with Crippen LogP contribution in [0.2, 0.25) is 0 Å². The third-order valence-electron chi connectivity index (χ3n) is 6.14. The number of anilines is 3. The quantitative estimate of drug-likeness (QED) is 0.505. The Balaban J connectivity index is 1.28. The van der Waals surface area contributed by atoms with E-state index in [1.807, 2.05) is 47.3 Å². The number of hydrogen-bond acceptors (Lipinski definition) is 7. The van der Waals surface area contributed by atoms with Gasteiger partial charge in [0.25, 0.3) is 0 Å². The molecule has 0 spiro atoms. The molecule has 4 aromatic rings. The summed E-state index contributed by atoms with van der Waals surface area (Å²) in [5.74, 6) is 1.08. The molecule has 33 heavy (non-hydrogen) atoms. The summed E-state index contributed by atoms with van der Waals surface area (Å²) in [6.45, 7) is 1.76. The van der Waals surface area contributed by atoms with Crippen molar-refractivity contribution in [2.24, 2.45) is 4.99 Å². The van der Waals surface area contributed by atoms with Gasteiger partial charge in [0, 0.05) is 54.8 Å². The normalized spacial score (nSPS) is 16.8. The average Bonchev–Trinajstić information content (AvgIpc) is 3.48. The Labute approximate surface area is 191 Å². The minimum Gasteiger partial charge on any atom is -0.369 e. The molecule has 9 heteroatoms. The average molecular weight is 459 g/mol. The first-order valence-corrected chi connectivity index (χ1v) is 12.7. The maximum Gasteiger partial charge on any atom is 0.180 e. The summed E-state index contributed by atoms with van der Waals surface area (Å²) in [5, 5.41) is 3.41. The number of fused-ring (bicyclic) bond motifs is 2. The number of nitrogens with one attached hydrogen (secondary N) is 1. The summed E-state index contributed by atoms with van der Waals surface area (Å²) in [7, 11) is -2.90. The van der Waals surface area contributed by atoms with Crippen LogP contribution in [0.5, 0.6) is 0 Å². The van der Waals surface area contributed by atoms with Crippen molar-refractivity contribution in [1.82, 2.24) is 14.4 Å². The number of aliphatic imine (C=N–C) groups is 1. The summed E-state index contributed by atoms with van der Waals surface area (Å²) >= 11 is 0. The molecule has 0 saturated carbocycles. The molecule has 4 heterocycles. The largest absolute Gasteiger partial charge is 0.369 e. The summed E-state index contributed by atoms with van der Waals surface area (Å²) in [6.07, 6.45) is 7.56. The van der Waals surface area contributed by atoms with Gasteiger partial charge in [-0.15, -0.1) is 0 Å². The van der Waals surface area contributed by atoms with Crippen LogP contribution in [0, 0.1) is 0 Å². The molecular formula is C24H22N6O2S. The highest BCUT2D eigenvalue weighted by molar-refractivity contribution is 7.91. The van der Waals surface area contributed by atoms with Crippen LogP contribution in [0.25, 0.3) is 16.9 Å². The molecule has 8 nitrogen and oxygen atoms in total. The number of aromatic nitrogens is 3. The Hall–Kier alpha value is -3.72. The Morgan fingerprint density at radius 3 is 2.64 bits per heavy atom. The number of imidazole rings is 1. The number of hydrogen-bond donors (Lipinski definition) is 1. The van der Waals surface area contributed by atoms with E-state index in [2.05, 4.69) is 38.4 Å². The lowest BCUT2D eigenvalue weighted by molar-refractivity contribution is 0.587. The lowest BCUT2D eigenvalue weighted by Crippen LogP contribution is -2.40. The molecule has 1 saturated heterocycles. The standard InChI is InChI=1S/C24H22N6O2S/c31-33(32)11-9-29(10-12-33)21-5-3-20(4-6-21)27-23-24-26-7-8-30(24)16-22(28-23)17-1-2-18-14-25-15-19(18)13-17/h1-8,13-14,16H,9-12,15H2,(H,27,28). The number of nitrogens with zero attached hydrogens (tertiary/aromatic N) is 5. The fraction of sp³-hybridized carbons (Fsp3) is 0.208. The van der Waals surface area contributed by atoms with Crippen LogP contribution < -0.4 is 10.2 Å². The van der Waals surface area contributed by atoms with Gasteiger partial charge >= 0.3 is 0 Å². The van der Waals surface area contributed by atoms with Crippen LogP contribution in [0.1, 0.15) is 11.1 Å². The van der Waals surface area contributed by atoms with Crippen molar-refractivity contribution in [3.63, 3.8) is 0 Å². The van der Waals surface area contributed by atoms with Crippen LogP contribution in [-0.4, -0.2) is 53.6 Å². The SMILES string of the molecule is O=S1(=O)CCN(c2ccc(Nc3nc(-c4ccc5c(c4)CN=C5)cn4ccnc34)cc2)CC1. The van der Waals surface area contributed by atoms with Gasteiger partial charge in [-0.2, -0.15) is 0 Å². The van der Waals surface area contributed by atoms with Crippen LogP contribution in [0.4, 0.5) is 17.2 Å². The Kier molecular flexibility index (Phi) is 4.65. The van der Waals surface area contributed by atoms with Crippen molar-refractivity contribution >= 4 is 38.9 Å². The topological polar surface area (TPSA) is 92.0 Å². The molecular weight excluding hydrogens is 436 g/mol. The molecule has 0 unspecified atom stereocenters. The second-order valence-electron chi connectivity index (χ2n) is 8.33. The molecule has 0 bridgehead atoms. The van der Waals surface area contributed by atoms with Crippen LogP contribution in [-0.2, 0) is 16.4 Å². The van der Waals surface area contributed by atoms with Gasteiger partial charge in [0.05, 0.1) is 23.7 Å². The van der Waals surface area contributed by atoms with E-state index in [1.165, 1.54) is 5.56 Å². The predicted molar refractivity (Wildman–Crippen MR) is 130 cm³/mol. The van der Waals surface area contributed by atoms with E-state index in [1.54, 1.807) is 6.20 Å². The molecule has 0 radical (unpaired) electrons. The van der Waals surface area contributed by atoms with E-state index in [-0.39, 0.29) is 11.5 Å². The maximum atomic E-state index is 11.7. The maximum absolute atomic E-state index is 11.7. The van der Waals surface area contributed by atoms with Gasteiger partial charge in [0.1, 0.15) is 0 Å². The highest BCUT2D eigenvalue weighted by Crippen LogP contribution is 2.28. The number of sulfone groups is 1. The van der Waals surface area contributed by atoms with Gasteiger partial charge < -0.3 is 14.6 Å². The molecule has 2 aliphatic rings. The van der Waals surface area contributed by atoms with Gasteiger partial charge in [0.2, 0.25) is 0 Å². The number of rotatable bonds is 4. The summed E-state index contributed by atoms with van der Waals surface area (Å²) < 4.78 is 25.4. The van der Waals surface area contributed by atoms with E-state index in [9.17, 15) is 8.42 Å². The van der Waals surface area contributed by atoms with E-state index >= 15 is 0 Å². The third kappa shape index (κ3) is 3.84. The van der Waals surface area contributed by atoms with Crippen molar-refractivity contribution in [2.45, 2.75) is 6.54 Å². The first-order valence-electron chi connectivity index (χ1n) is 10.8. The minimum absolute atomic E-state index is 0.205. The van der Waals surface area contributed by atoms with Crippen LogP contribution in [0.3, 0.4) is 0 Å². The second-order valence-corrected chi connectivity index (χ2v) is 10.6. The lowest BCUT2D eigenvalue weighted by atomic mass is 10.0. The highest BCUT2D eigenvalue weighted by Gasteiger charge is 2.21. The molecule has 2 aliphatic heterocycles. The summed E-state index contributed by atoms with van der Waals surface area (Å²) in [5.41, 5.74) is 6.90. The van der Waals surface area contributed by atoms with Crippen molar-refractivity contribution in [3.05, 3.63) is 72.2 Å².